The Morgan fingerprint density at radius 3 is 2.65 bits per heavy atom. The zero-order valence-corrected chi connectivity index (χ0v) is 15.1. The van der Waals surface area contributed by atoms with Gasteiger partial charge >= 0.3 is 0 Å². The van der Waals surface area contributed by atoms with Gasteiger partial charge in [-0.05, 0) is 31.5 Å². The van der Waals surface area contributed by atoms with Gasteiger partial charge in [0.25, 0.3) is 11.5 Å². The minimum Gasteiger partial charge on any atom is -0.352 e. The van der Waals surface area contributed by atoms with Crippen LogP contribution in [0.3, 0.4) is 0 Å². The molecule has 3 rings (SSSR count). The number of benzene rings is 1. The maximum atomic E-state index is 10.9. The van der Waals surface area contributed by atoms with Crippen LogP contribution in [-0.2, 0) is 0 Å². The molecule has 0 N–H and O–H groups in total. The Hall–Kier alpha value is -3.00. The molecule has 1 aromatic carbocycles. The summed E-state index contributed by atoms with van der Waals surface area (Å²) < 4.78 is 1.62. The van der Waals surface area contributed by atoms with Gasteiger partial charge in [0.05, 0.1) is 10.5 Å². The summed E-state index contributed by atoms with van der Waals surface area (Å²) in [5.41, 5.74) is 2.33. The second-order valence-corrected chi connectivity index (χ2v) is 6.21. The van der Waals surface area contributed by atoms with Crippen molar-refractivity contribution >= 4 is 28.9 Å². The Bertz CT molecular complexity index is 983. The molecule has 2 aromatic heterocycles. The van der Waals surface area contributed by atoms with Gasteiger partial charge in [-0.15, -0.1) is 0 Å². The minimum atomic E-state index is -0.440. The smallest absolute Gasteiger partial charge is 0.269 e. The zero-order valence-electron chi connectivity index (χ0n) is 14.4. The van der Waals surface area contributed by atoms with Crippen LogP contribution in [0.5, 0.6) is 0 Å². The number of fused-ring (bicyclic) bond motifs is 1. The van der Waals surface area contributed by atoms with Crippen LogP contribution in [0.1, 0.15) is 13.8 Å². The molecule has 26 heavy (non-hydrogen) atoms. The third kappa shape index (κ3) is 3.23. The summed E-state index contributed by atoms with van der Waals surface area (Å²) in [4.78, 5) is 21.0. The van der Waals surface area contributed by atoms with Crippen LogP contribution < -0.4 is 4.90 Å². The van der Waals surface area contributed by atoms with E-state index in [9.17, 15) is 10.1 Å². The molecule has 134 valence electrons. The van der Waals surface area contributed by atoms with Crippen molar-refractivity contribution in [1.29, 1.82) is 0 Å². The minimum absolute atomic E-state index is 0.00972. The van der Waals surface area contributed by atoms with Gasteiger partial charge < -0.3 is 4.90 Å². The first-order valence-corrected chi connectivity index (χ1v) is 8.33. The van der Waals surface area contributed by atoms with Gasteiger partial charge in [-0.1, -0.05) is 23.8 Å². The summed E-state index contributed by atoms with van der Waals surface area (Å²) in [6, 6.07) is 6.19. The highest BCUT2D eigenvalue weighted by molar-refractivity contribution is 6.33. The fourth-order valence-corrected chi connectivity index (χ4v) is 3.02. The molecular formula is C17H17ClN6O2. The van der Waals surface area contributed by atoms with E-state index in [-0.39, 0.29) is 10.8 Å². The second kappa shape index (κ2) is 7.09. The molecular weight excluding hydrogens is 356 g/mol. The van der Waals surface area contributed by atoms with Crippen LogP contribution in [0.25, 0.3) is 16.9 Å². The first-order chi connectivity index (χ1) is 12.4. The number of halogens is 1. The molecule has 0 aliphatic carbocycles. The summed E-state index contributed by atoms with van der Waals surface area (Å²) >= 11 is 6.46. The van der Waals surface area contributed by atoms with Crippen LogP contribution in [0.4, 0.5) is 11.5 Å². The number of rotatable bonds is 6. The van der Waals surface area contributed by atoms with E-state index in [1.807, 2.05) is 13.8 Å². The third-order valence-corrected chi connectivity index (χ3v) is 4.14. The Balaban J connectivity index is 2.26. The first-order valence-electron chi connectivity index (χ1n) is 7.95. The van der Waals surface area contributed by atoms with Crippen LogP contribution in [0, 0.1) is 10.1 Å². The van der Waals surface area contributed by atoms with Crippen molar-refractivity contribution in [3.8, 4) is 11.1 Å². The zero-order chi connectivity index (χ0) is 18.8. The van der Waals surface area contributed by atoms with Crippen LogP contribution in [0.15, 0.2) is 42.7 Å². The van der Waals surface area contributed by atoms with E-state index in [2.05, 4.69) is 26.5 Å². The molecule has 0 fully saturated rings. The van der Waals surface area contributed by atoms with Crippen molar-refractivity contribution in [2.45, 2.75) is 13.8 Å². The van der Waals surface area contributed by atoms with Crippen molar-refractivity contribution in [3.63, 3.8) is 0 Å². The number of nitrogens with zero attached hydrogens (tertiary/aromatic N) is 6. The molecule has 0 saturated carbocycles. The van der Waals surface area contributed by atoms with Gasteiger partial charge in [0.1, 0.15) is 17.3 Å². The molecule has 0 saturated heterocycles. The van der Waals surface area contributed by atoms with Crippen molar-refractivity contribution in [2.24, 2.45) is 0 Å². The van der Waals surface area contributed by atoms with Crippen molar-refractivity contribution in [2.75, 3.05) is 18.0 Å². The average molecular weight is 373 g/mol. The lowest BCUT2D eigenvalue weighted by atomic mass is 10.1. The Labute approximate surface area is 154 Å². The number of nitro benzene ring substituents is 1. The largest absolute Gasteiger partial charge is 0.352 e. The molecule has 0 bridgehead atoms. The molecule has 0 unspecified atom stereocenters. The fraction of sp³-hybridized carbons (Fsp3) is 0.235. The lowest BCUT2D eigenvalue weighted by Crippen LogP contribution is -2.28. The van der Waals surface area contributed by atoms with E-state index >= 15 is 0 Å². The summed E-state index contributed by atoms with van der Waals surface area (Å²) in [6.45, 7) is 9.22. The summed E-state index contributed by atoms with van der Waals surface area (Å²) in [6.07, 6.45) is 1.41. The average Bonchev–Trinajstić information content (AvgIpc) is 3.06. The van der Waals surface area contributed by atoms with Crippen molar-refractivity contribution in [3.05, 3.63) is 58.0 Å². The Morgan fingerprint density at radius 2 is 2.08 bits per heavy atom. The second-order valence-electron chi connectivity index (χ2n) is 5.85. The lowest BCUT2D eigenvalue weighted by Gasteiger charge is -2.26. The van der Waals surface area contributed by atoms with E-state index in [0.717, 1.165) is 11.4 Å². The molecule has 8 nitrogen and oxygen atoms in total. The molecule has 9 heteroatoms. The van der Waals surface area contributed by atoms with Crippen LogP contribution in [0.2, 0.25) is 5.15 Å². The highest BCUT2D eigenvalue weighted by Crippen LogP contribution is 2.37. The van der Waals surface area contributed by atoms with Crippen molar-refractivity contribution in [1.82, 2.24) is 19.6 Å². The maximum absolute atomic E-state index is 10.9. The van der Waals surface area contributed by atoms with Gasteiger partial charge in [0.15, 0.2) is 0 Å². The maximum Gasteiger partial charge on any atom is 0.269 e. The van der Waals surface area contributed by atoms with Crippen LogP contribution in [-0.4, -0.2) is 37.6 Å². The van der Waals surface area contributed by atoms with Crippen LogP contribution >= 0.6 is 11.6 Å². The van der Waals surface area contributed by atoms with Gasteiger partial charge in [0, 0.05) is 25.2 Å². The van der Waals surface area contributed by atoms with E-state index in [1.165, 1.54) is 18.5 Å². The lowest BCUT2D eigenvalue weighted by molar-refractivity contribution is -0.384. The van der Waals surface area contributed by atoms with Gasteiger partial charge in [-0.3, -0.25) is 10.1 Å². The fourth-order valence-electron chi connectivity index (χ4n) is 2.76. The summed E-state index contributed by atoms with van der Waals surface area (Å²) in [5.74, 6) is 1.10. The Kier molecular flexibility index (Phi) is 4.85. The van der Waals surface area contributed by atoms with E-state index in [1.54, 1.807) is 16.6 Å². The molecule has 0 aliphatic heterocycles. The molecule has 2 heterocycles. The highest BCUT2D eigenvalue weighted by atomic mass is 35.5. The summed E-state index contributed by atoms with van der Waals surface area (Å²) in [5, 5.41) is 15.5. The molecule has 0 amide bonds. The molecule has 0 atom stereocenters. The van der Waals surface area contributed by atoms with E-state index in [4.69, 9.17) is 11.6 Å². The standard InChI is InChI=1S/C17H17ClN6O2/c1-4-22(9-11(2)3)16-14(12-5-7-13(8-6-12)24(25)26)15(18)21-17-19-10-20-23(16)17/h5-8,10H,2,4,9H2,1,3H3. The first kappa shape index (κ1) is 17.8. The SMILES string of the molecule is C=C(C)CN(CC)c1c(-c2ccc([N+](=O)[O-])cc2)c(Cl)nc2ncnn12. The number of hydrogen-bond donors (Lipinski definition) is 0. The third-order valence-electron chi connectivity index (χ3n) is 3.87. The van der Waals surface area contributed by atoms with Gasteiger partial charge in [-0.25, -0.2) is 0 Å². The molecule has 0 radical (unpaired) electrons. The topological polar surface area (TPSA) is 89.5 Å². The normalized spacial score (nSPS) is 10.9. The molecule has 3 aromatic rings. The number of nitro groups is 1. The number of aromatic nitrogens is 4. The number of likely N-dealkylation sites (N-methyl/N-ethyl adjacent to an activating group) is 1. The quantitative estimate of drug-likeness (QED) is 0.283. The van der Waals surface area contributed by atoms with E-state index < -0.39 is 4.92 Å². The Morgan fingerprint density at radius 1 is 1.38 bits per heavy atom. The molecule has 0 spiro atoms. The summed E-state index contributed by atoms with van der Waals surface area (Å²) in [7, 11) is 0. The molecule has 0 aliphatic rings. The monoisotopic (exact) mass is 372 g/mol. The number of anilines is 1. The van der Waals surface area contributed by atoms with Gasteiger partial charge in [0.2, 0.25) is 0 Å². The number of non-ortho nitro benzene ring substituents is 1. The predicted octanol–water partition coefficient (Wildman–Crippen LogP) is 3.76. The number of hydrogen-bond acceptors (Lipinski definition) is 6. The predicted molar refractivity (Wildman–Crippen MR) is 101 cm³/mol. The van der Waals surface area contributed by atoms with Crippen molar-refractivity contribution < 1.29 is 4.92 Å². The van der Waals surface area contributed by atoms with E-state index in [0.29, 0.717) is 30.0 Å². The van der Waals surface area contributed by atoms with Gasteiger partial charge in [-0.2, -0.15) is 19.6 Å². The highest BCUT2D eigenvalue weighted by Gasteiger charge is 2.22.